The highest BCUT2D eigenvalue weighted by atomic mass is 32.1. The summed E-state index contributed by atoms with van der Waals surface area (Å²) < 4.78 is 0. The molecule has 2 heterocycles. The van der Waals surface area contributed by atoms with Crippen LogP contribution in [0.2, 0.25) is 0 Å². The fourth-order valence-corrected chi connectivity index (χ4v) is 4.26. The van der Waals surface area contributed by atoms with E-state index >= 15 is 0 Å². The van der Waals surface area contributed by atoms with E-state index in [-0.39, 0.29) is 0 Å². The Morgan fingerprint density at radius 1 is 1.46 bits per heavy atom. The second-order valence-corrected chi connectivity index (χ2v) is 8.94. The topological polar surface area (TPSA) is 59.9 Å². The van der Waals surface area contributed by atoms with Gasteiger partial charge >= 0.3 is 0 Å². The molecule has 1 aromatic rings. The maximum Gasteiger partial charge on any atom is 0.191 e. The molecule has 1 fully saturated rings. The number of piperidine rings is 1. The van der Waals surface area contributed by atoms with E-state index < -0.39 is 5.60 Å². The summed E-state index contributed by atoms with van der Waals surface area (Å²) in [5.41, 5.74) is -0.921. The van der Waals surface area contributed by atoms with E-state index in [4.69, 9.17) is 0 Å². The van der Waals surface area contributed by atoms with Crippen LogP contribution in [0.3, 0.4) is 0 Å². The molecule has 0 bridgehead atoms. The van der Waals surface area contributed by atoms with Gasteiger partial charge in [-0.2, -0.15) is 0 Å². The Bertz CT molecular complexity index is 542. The van der Waals surface area contributed by atoms with Crippen molar-refractivity contribution >= 4 is 17.3 Å². The summed E-state index contributed by atoms with van der Waals surface area (Å²) in [5.74, 6) is 2.18. The van der Waals surface area contributed by atoms with Crippen LogP contribution in [-0.2, 0) is 5.60 Å². The average Bonchev–Trinajstić information content (AvgIpc) is 3.13. The first kappa shape index (κ1) is 21.2. The van der Waals surface area contributed by atoms with Gasteiger partial charge in [0.05, 0.1) is 6.54 Å². The Hall–Kier alpha value is -1.11. The summed E-state index contributed by atoms with van der Waals surface area (Å²) in [6.45, 7) is 14.2. The molecule has 0 aromatic carbocycles. The molecule has 2 atom stereocenters. The van der Waals surface area contributed by atoms with Crippen LogP contribution < -0.4 is 10.6 Å². The second-order valence-electron chi connectivity index (χ2n) is 7.99. The molecule has 1 saturated heterocycles. The van der Waals surface area contributed by atoms with Gasteiger partial charge in [0, 0.05) is 31.1 Å². The minimum atomic E-state index is -0.921. The molecule has 2 rings (SSSR count). The van der Waals surface area contributed by atoms with Crippen molar-refractivity contribution in [3.63, 3.8) is 0 Å². The van der Waals surface area contributed by atoms with Crippen molar-refractivity contribution in [1.82, 2.24) is 15.5 Å². The first-order chi connectivity index (χ1) is 12.4. The average molecular weight is 381 g/mol. The Labute approximate surface area is 162 Å². The van der Waals surface area contributed by atoms with E-state index in [1.807, 2.05) is 24.4 Å². The van der Waals surface area contributed by atoms with Gasteiger partial charge in [-0.25, -0.2) is 4.99 Å². The maximum atomic E-state index is 10.7. The summed E-state index contributed by atoms with van der Waals surface area (Å²) >= 11 is 1.57. The number of rotatable bonds is 8. The van der Waals surface area contributed by atoms with Gasteiger partial charge in [-0.3, -0.25) is 0 Å². The van der Waals surface area contributed by atoms with Crippen LogP contribution in [0.1, 0.15) is 45.4 Å². The Balaban J connectivity index is 1.87. The molecule has 6 heteroatoms. The van der Waals surface area contributed by atoms with Crippen LogP contribution in [0.15, 0.2) is 22.5 Å². The third-order valence-electron chi connectivity index (χ3n) is 4.73. The lowest BCUT2D eigenvalue weighted by molar-refractivity contribution is 0.0711. The quantitative estimate of drug-likeness (QED) is 0.479. The summed E-state index contributed by atoms with van der Waals surface area (Å²) in [6, 6.07) is 3.93. The van der Waals surface area contributed by atoms with Crippen LogP contribution in [0, 0.1) is 11.8 Å². The van der Waals surface area contributed by atoms with Gasteiger partial charge in [-0.1, -0.05) is 19.9 Å². The lowest BCUT2D eigenvalue weighted by Crippen LogP contribution is -2.45. The largest absolute Gasteiger partial charge is 0.383 e. The van der Waals surface area contributed by atoms with Crippen molar-refractivity contribution in [3.8, 4) is 0 Å². The molecule has 3 N–H and O–H groups in total. The van der Waals surface area contributed by atoms with Crippen LogP contribution >= 0.6 is 11.3 Å². The molecule has 0 spiro atoms. The Morgan fingerprint density at radius 3 is 2.92 bits per heavy atom. The molecule has 2 unspecified atom stereocenters. The lowest BCUT2D eigenvalue weighted by atomic mass is 9.97. The van der Waals surface area contributed by atoms with Crippen molar-refractivity contribution in [1.29, 1.82) is 0 Å². The minimum absolute atomic E-state index is 0.354. The molecule has 0 amide bonds. The summed E-state index contributed by atoms with van der Waals surface area (Å²) in [5, 5.41) is 19.4. The molecule has 0 saturated carbocycles. The molecule has 1 aromatic heterocycles. The molecule has 1 aliphatic rings. The fourth-order valence-electron chi connectivity index (χ4n) is 3.48. The van der Waals surface area contributed by atoms with Crippen molar-refractivity contribution in [3.05, 3.63) is 22.4 Å². The first-order valence-electron chi connectivity index (χ1n) is 9.91. The van der Waals surface area contributed by atoms with Gasteiger partial charge in [0.15, 0.2) is 5.96 Å². The monoisotopic (exact) mass is 380 g/mol. The highest BCUT2D eigenvalue weighted by molar-refractivity contribution is 7.10. The molecular weight excluding hydrogens is 344 g/mol. The highest BCUT2D eigenvalue weighted by Gasteiger charge is 2.24. The van der Waals surface area contributed by atoms with Crippen LogP contribution in [0.4, 0.5) is 0 Å². The van der Waals surface area contributed by atoms with E-state index in [0.29, 0.717) is 12.5 Å². The SMILES string of the molecule is CCNC(=NCC(C)(O)c1cccs1)NCC1CCCN(CC(C)C)C1. The van der Waals surface area contributed by atoms with Gasteiger partial charge in [0.1, 0.15) is 5.60 Å². The van der Waals surface area contributed by atoms with Crippen molar-refractivity contribution in [2.24, 2.45) is 16.8 Å². The number of hydrogen-bond donors (Lipinski definition) is 3. The van der Waals surface area contributed by atoms with Crippen LogP contribution in [-0.4, -0.2) is 55.2 Å². The molecule has 148 valence electrons. The van der Waals surface area contributed by atoms with Crippen LogP contribution in [0.5, 0.6) is 0 Å². The normalized spacial score (nSPS) is 21.6. The molecule has 0 aliphatic carbocycles. The number of thiophene rings is 1. The number of nitrogens with zero attached hydrogens (tertiary/aromatic N) is 2. The number of aliphatic imine (C=N–C) groups is 1. The van der Waals surface area contributed by atoms with Gasteiger partial charge in [0.2, 0.25) is 0 Å². The molecule has 0 radical (unpaired) electrons. The zero-order valence-electron chi connectivity index (χ0n) is 16.8. The first-order valence-corrected chi connectivity index (χ1v) is 10.8. The molecule has 5 nitrogen and oxygen atoms in total. The van der Waals surface area contributed by atoms with E-state index in [1.54, 1.807) is 11.3 Å². The maximum absolute atomic E-state index is 10.7. The summed E-state index contributed by atoms with van der Waals surface area (Å²) in [7, 11) is 0. The van der Waals surface area contributed by atoms with Crippen molar-refractivity contribution in [2.45, 2.75) is 46.1 Å². The van der Waals surface area contributed by atoms with Gasteiger partial charge < -0.3 is 20.6 Å². The van der Waals surface area contributed by atoms with E-state index in [0.717, 1.165) is 36.4 Å². The predicted molar refractivity (Wildman–Crippen MR) is 112 cm³/mol. The Morgan fingerprint density at radius 2 is 2.27 bits per heavy atom. The standard InChI is InChI=1S/C20H36N4OS/c1-5-21-19(23-15-20(4,25)18-9-7-11-26-18)22-12-17-8-6-10-24(14-17)13-16(2)3/h7,9,11,16-17,25H,5-6,8,10,12-15H2,1-4H3,(H2,21,22,23). The number of hydrogen-bond acceptors (Lipinski definition) is 4. The fraction of sp³-hybridized carbons (Fsp3) is 0.750. The van der Waals surface area contributed by atoms with E-state index in [2.05, 4.69) is 41.3 Å². The number of aliphatic hydroxyl groups is 1. The molecular formula is C20H36N4OS. The summed E-state index contributed by atoms with van der Waals surface area (Å²) in [6.07, 6.45) is 2.55. The predicted octanol–water partition coefficient (Wildman–Crippen LogP) is 2.88. The van der Waals surface area contributed by atoms with E-state index in [9.17, 15) is 5.11 Å². The number of guanidine groups is 1. The third-order valence-corrected chi connectivity index (χ3v) is 5.85. The minimum Gasteiger partial charge on any atom is -0.383 e. The summed E-state index contributed by atoms with van der Waals surface area (Å²) in [4.78, 5) is 8.17. The van der Waals surface area contributed by atoms with Crippen LogP contribution in [0.25, 0.3) is 0 Å². The van der Waals surface area contributed by atoms with Gasteiger partial charge in [-0.05, 0) is 56.5 Å². The van der Waals surface area contributed by atoms with Gasteiger partial charge in [-0.15, -0.1) is 11.3 Å². The van der Waals surface area contributed by atoms with E-state index in [1.165, 1.54) is 25.9 Å². The zero-order chi connectivity index (χ0) is 19.0. The second kappa shape index (κ2) is 10.3. The van der Waals surface area contributed by atoms with Crippen molar-refractivity contribution < 1.29 is 5.11 Å². The number of nitrogens with one attached hydrogen (secondary N) is 2. The number of likely N-dealkylation sites (tertiary alicyclic amines) is 1. The zero-order valence-corrected chi connectivity index (χ0v) is 17.6. The Kier molecular flexibility index (Phi) is 8.38. The van der Waals surface area contributed by atoms with Crippen molar-refractivity contribution in [2.75, 3.05) is 39.3 Å². The van der Waals surface area contributed by atoms with Gasteiger partial charge in [0.25, 0.3) is 0 Å². The smallest absolute Gasteiger partial charge is 0.191 e. The molecule has 26 heavy (non-hydrogen) atoms. The third kappa shape index (κ3) is 6.89. The highest BCUT2D eigenvalue weighted by Crippen LogP contribution is 2.25. The lowest BCUT2D eigenvalue weighted by Gasteiger charge is -2.34. The molecule has 1 aliphatic heterocycles.